The fourth-order valence-corrected chi connectivity index (χ4v) is 2.51. The molecule has 2 rings (SSSR count). The molecular formula is C16H22FN3O3. The summed E-state index contributed by atoms with van der Waals surface area (Å²) in [5.41, 5.74) is 5.92. The smallest absolute Gasteiger partial charge is 0.254 e. The van der Waals surface area contributed by atoms with Crippen LogP contribution in [0.1, 0.15) is 23.2 Å². The molecule has 1 fully saturated rings. The molecular weight excluding hydrogens is 301 g/mol. The van der Waals surface area contributed by atoms with Crippen molar-refractivity contribution in [2.75, 3.05) is 26.3 Å². The minimum Gasteiger partial charge on any atom is -0.381 e. The number of carbonyl (C=O) groups excluding carboxylic acids is 2. The van der Waals surface area contributed by atoms with Gasteiger partial charge in [-0.25, -0.2) is 4.39 Å². The van der Waals surface area contributed by atoms with Crippen LogP contribution >= 0.6 is 0 Å². The summed E-state index contributed by atoms with van der Waals surface area (Å²) in [4.78, 5) is 23.8. The largest absolute Gasteiger partial charge is 0.381 e. The summed E-state index contributed by atoms with van der Waals surface area (Å²) in [6, 6.07) is 5.17. The molecule has 0 spiro atoms. The van der Waals surface area contributed by atoms with E-state index in [1.807, 2.05) is 0 Å². The zero-order valence-corrected chi connectivity index (χ0v) is 12.9. The number of nitrogens with one attached hydrogen (secondary N) is 2. The molecule has 0 radical (unpaired) electrons. The Morgan fingerprint density at radius 1 is 1.22 bits per heavy atom. The molecule has 126 valence electrons. The lowest BCUT2D eigenvalue weighted by molar-refractivity contribution is -0.124. The predicted octanol–water partition coefficient (Wildman–Crippen LogP) is 0.426. The van der Waals surface area contributed by atoms with Crippen LogP contribution in [0, 0.1) is 11.7 Å². The number of ether oxygens (including phenoxy) is 1. The Morgan fingerprint density at radius 2 is 1.87 bits per heavy atom. The van der Waals surface area contributed by atoms with E-state index in [-0.39, 0.29) is 30.5 Å². The van der Waals surface area contributed by atoms with Crippen LogP contribution in [-0.4, -0.2) is 44.2 Å². The number of amides is 2. The quantitative estimate of drug-likeness (QED) is 0.662. The van der Waals surface area contributed by atoms with Gasteiger partial charge in [0.1, 0.15) is 5.82 Å². The Kier molecular flexibility index (Phi) is 6.49. The van der Waals surface area contributed by atoms with Crippen LogP contribution < -0.4 is 16.4 Å². The van der Waals surface area contributed by atoms with E-state index in [0.717, 1.165) is 12.8 Å². The van der Waals surface area contributed by atoms with Crippen molar-refractivity contribution in [3.05, 3.63) is 35.6 Å². The van der Waals surface area contributed by atoms with Crippen molar-refractivity contribution in [2.45, 2.75) is 18.9 Å². The number of hydrogen-bond acceptors (Lipinski definition) is 4. The second kappa shape index (κ2) is 8.59. The molecule has 1 aliphatic heterocycles. The number of carbonyl (C=O) groups is 2. The Hall–Kier alpha value is -1.99. The van der Waals surface area contributed by atoms with E-state index in [1.165, 1.54) is 18.2 Å². The summed E-state index contributed by atoms with van der Waals surface area (Å²) in [6.07, 6.45) is 1.55. The third-order valence-electron chi connectivity index (χ3n) is 3.90. The Morgan fingerprint density at radius 3 is 2.57 bits per heavy atom. The van der Waals surface area contributed by atoms with E-state index >= 15 is 0 Å². The molecule has 0 aliphatic carbocycles. The lowest BCUT2D eigenvalue weighted by Gasteiger charge is -2.26. The average molecular weight is 323 g/mol. The first-order valence-electron chi connectivity index (χ1n) is 7.73. The van der Waals surface area contributed by atoms with Crippen molar-refractivity contribution < 1.29 is 18.7 Å². The highest BCUT2D eigenvalue weighted by Crippen LogP contribution is 2.17. The molecule has 7 heteroatoms. The van der Waals surface area contributed by atoms with Gasteiger partial charge in [-0.1, -0.05) is 12.1 Å². The zero-order chi connectivity index (χ0) is 16.7. The van der Waals surface area contributed by atoms with Crippen LogP contribution in [0.4, 0.5) is 4.39 Å². The molecule has 0 saturated carbocycles. The SMILES string of the molecule is NC(C(=O)NCCNC(=O)c1ccccc1F)C1CCOCC1. The minimum absolute atomic E-state index is 0.0160. The standard InChI is InChI=1S/C16H22FN3O3/c17-13-4-2-1-3-12(13)15(21)19-7-8-20-16(22)14(18)11-5-9-23-10-6-11/h1-4,11,14H,5-10,18H2,(H,19,21)(H,20,22). The molecule has 1 atom stereocenters. The molecule has 23 heavy (non-hydrogen) atoms. The average Bonchev–Trinajstić information content (AvgIpc) is 2.58. The lowest BCUT2D eigenvalue weighted by Crippen LogP contribution is -2.48. The summed E-state index contributed by atoms with van der Waals surface area (Å²) < 4.78 is 18.7. The first kappa shape index (κ1) is 17.4. The molecule has 4 N–H and O–H groups in total. The van der Waals surface area contributed by atoms with E-state index < -0.39 is 17.8 Å². The summed E-state index contributed by atoms with van der Waals surface area (Å²) in [5, 5.41) is 5.25. The summed E-state index contributed by atoms with van der Waals surface area (Å²) in [6.45, 7) is 1.71. The van der Waals surface area contributed by atoms with Crippen molar-refractivity contribution >= 4 is 11.8 Å². The predicted molar refractivity (Wildman–Crippen MR) is 83.3 cm³/mol. The van der Waals surface area contributed by atoms with Gasteiger partial charge in [-0.3, -0.25) is 9.59 Å². The van der Waals surface area contributed by atoms with E-state index in [1.54, 1.807) is 6.07 Å². The van der Waals surface area contributed by atoms with Crippen molar-refractivity contribution in [3.8, 4) is 0 Å². The first-order valence-corrected chi connectivity index (χ1v) is 7.73. The van der Waals surface area contributed by atoms with Crippen LogP contribution in [0.25, 0.3) is 0 Å². The highest BCUT2D eigenvalue weighted by molar-refractivity contribution is 5.94. The molecule has 2 amide bonds. The van der Waals surface area contributed by atoms with E-state index in [4.69, 9.17) is 10.5 Å². The lowest BCUT2D eigenvalue weighted by atomic mass is 9.92. The highest BCUT2D eigenvalue weighted by Gasteiger charge is 2.26. The fraction of sp³-hybridized carbons (Fsp3) is 0.500. The minimum atomic E-state index is -0.574. The maximum Gasteiger partial charge on any atom is 0.254 e. The molecule has 6 nitrogen and oxygen atoms in total. The van der Waals surface area contributed by atoms with Gasteiger partial charge in [-0.15, -0.1) is 0 Å². The summed E-state index contributed by atoms with van der Waals surface area (Å²) in [5.74, 6) is -1.20. The van der Waals surface area contributed by atoms with E-state index in [0.29, 0.717) is 13.2 Å². The normalized spacial score (nSPS) is 16.6. The second-order valence-corrected chi connectivity index (χ2v) is 5.50. The molecule has 1 aromatic carbocycles. The second-order valence-electron chi connectivity index (χ2n) is 5.50. The van der Waals surface area contributed by atoms with Gasteiger partial charge in [0.25, 0.3) is 5.91 Å². The Labute approximate surface area is 134 Å². The van der Waals surface area contributed by atoms with Crippen LogP contribution in [-0.2, 0) is 9.53 Å². The molecule has 1 aromatic rings. The Bertz CT molecular complexity index is 547. The zero-order valence-electron chi connectivity index (χ0n) is 12.9. The topological polar surface area (TPSA) is 93.5 Å². The number of nitrogens with two attached hydrogens (primary N) is 1. The molecule has 1 heterocycles. The van der Waals surface area contributed by atoms with Gasteiger partial charge in [0.05, 0.1) is 11.6 Å². The van der Waals surface area contributed by atoms with Crippen molar-refractivity contribution in [1.82, 2.24) is 10.6 Å². The molecule has 1 saturated heterocycles. The summed E-state index contributed by atoms with van der Waals surface area (Å²) in [7, 11) is 0. The van der Waals surface area contributed by atoms with Crippen molar-refractivity contribution in [3.63, 3.8) is 0 Å². The van der Waals surface area contributed by atoms with E-state index in [9.17, 15) is 14.0 Å². The summed E-state index contributed by atoms with van der Waals surface area (Å²) >= 11 is 0. The fourth-order valence-electron chi connectivity index (χ4n) is 2.51. The van der Waals surface area contributed by atoms with Gasteiger partial charge in [0, 0.05) is 26.3 Å². The first-order chi connectivity index (χ1) is 11.1. The monoisotopic (exact) mass is 323 g/mol. The van der Waals surface area contributed by atoms with Gasteiger partial charge in [0.15, 0.2) is 0 Å². The van der Waals surface area contributed by atoms with Gasteiger partial charge < -0.3 is 21.1 Å². The third kappa shape index (κ3) is 5.01. The number of rotatable bonds is 6. The molecule has 0 bridgehead atoms. The third-order valence-corrected chi connectivity index (χ3v) is 3.90. The van der Waals surface area contributed by atoms with Crippen LogP contribution in [0.3, 0.4) is 0 Å². The van der Waals surface area contributed by atoms with E-state index in [2.05, 4.69) is 10.6 Å². The highest BCUT2D eigenvalue weighted by atomic mass is 19.1. The van der Waals surface area contributed by atoms with Crippen LogP contribution in [0.15, 0.2) is 24.3 Å². The van der Waals surface area contributed by atoms with Gasteiger partial charge in [-0.2, -0.15) is 0 Å². The molecule has 1 aliphatic rings. The molecule has 1 unspecified atom stereocenters. The number of benzene rings is 1. The molecule has 0 aromatic heterocycles. The maximum atomic E-state index is 13.4. The van der Waals surface area contributed by atoms with Crippen LogP contribution in [0.2, 0.25) is 0 Å². The Balaban J connectivity index is 1.69. The van der Waals surface area contributed by atoms with Gasteiger partial charge in [0.2, 0.25) is 5.91 Å². The number of halogens is 1. The van der Waals surface area contributed by atoms with Crippen molar-refractivity contribution in [1.29, 1.82) is 0 Å². The van der Waals surface area contributed by atoms with Gasteiger partial charge in [-0.05, 0) is 30.9 Å². The van der Waals surface area contributed by atoms with Crippen LogP contribution in [0.5, 0.6) is 0 Å². The van der Waals surface area contributed by atoms with Crippen molar-refractivity contribution in [2.24, 2.45) is 11.7 Å². The maximum absolute atomic E-state index is 13.4. The van der Waals surface area contributed by atoms with Gasteiger partial charge >= 0.3 is 0 Å². The number of hydrogen-bond donors (Lipinski definition) is 3.